The Bertz CT molecular complexity index is 270. The van der Waals surface area contributed by atoms with Crippen LogP contribution in [0, 0.1) is 0 Å². The largest absolute Gasteiger partial charge is 0.390 e. The van der Waals surface area contributed by atoms with E-state index < -0.39 is 18.4 Å². The monoisotopic (exact) mass is 200 g/mol. The maximum absolute atomic E-state index is 12.1. The Labute approximate surface area is 82.4 Å². The molecule has 0 radical (unpaired) electrons. The van der Waals surface area contributed by atoms with Gasteiger partial charge in [-0.1, -0.05) is 30.3 Å². The van der Waals surface area contributed by atoms with Gasteiger partial charge in [0.05, 0.1) is 5.60 Å². The SMILES string of the molecule is CC(O)(Cc1ccccc1)CC(F)F. The molecule has 1 nitrogen and oxygen atoms in total. The number of hydrogen-bond acceptors (Lipinski definition) is 1. The Hall–Kier alpha value is -0.960. The van der Waals surface area contributed by atoms with Crippen LogP contribution in [0.2, 0.25) is 0 Å². The zero-order valence-electron chi connectivity index (χ0n) is 8.08. The van der Waals surface area contributed by atoms with Crippen molar-refractivity contribution in [2.24, 2.45) is 0 Å². The molecular weight excluding hydrogens is 186 g/mol. The fraction of sp³-hybridized carbons (Fsp3) is 0.455. The van der Waals surface area contributed by atoms with Crippen molar-refractivity contribution in [2.45, 2.75) is 31.8 Å². The first-order valence-electron chi connectivity index (χ1n) is 4.54. The Morgan fingerprint density at radius 3 is 2.36 bits per heavy atom. The number of hydrogen-bond donors (Lipinski definition) is 1. The Balaban J connectivity index is 2.59. The van der Waals surface area contributed by atoms with Crippen molar-refractivity contribution in [3.8, 4) is 0 Å². The molecule has 1 aromatic carbocycles. The van der Waals surface area contributed by atoms with Crippen molar-refractivity contribution in [1.82, 2.24) is 0 Å². The number of aliphatic hydroxyl groups is 1. The van der Waals surface area contributed by atoms with Crippen molar-refractivity contribution >= 4 is 0 Å². The van der Waals surface area contributed by atoms with E-state index in [2.05, 4.69) is 0 Å². The third-order valence-electron chi connectivity index (χ3n) is 2.02. The molecule has 0 amide bonds. The molecule has 1 N–H and O–H groups in total. The highest BCUT2D eigenvalue weighted by Crippen LogP contribution is 2.20. The molecule has 0 saturated carbocycles. The lowest BCUT2D eigenvalue weighted by molar-refractivity contribution is -0.00806. The fourth-order valence-electron chi connectivity index (χ4n) is 1.44. The summed E-state index contributed by atoms with van der Waals surface area (Å²) in [7, 11) is 0. The molecule has 0 spiro atoms. The lowest BCUT2D eigenvalue weighted by Crippen LogP contribution is -2.29. The van der Waals surface area contributed by atoms with Crippen LogP contribution < -0.4 is 0 Å². The quantitative estimate of drug-likeness (QED) is 0.792. The molecule has 0 aliphatic rings. The predicted molar refractivity (Wildman–Crippen MR) is 51.4 cm³/mol. The highest BCUT2D eigenvalue weighted by atomic mass is 19.3. The van der Waals surface area contributed by atoms with Gasteiger partial charge in [-0.25, -0.2) is 8.78 Å². The summed E-state index contributed by atoms with van der Waals surface area (Å²) in [6.07, 6.45) is -2.69. The van der Waals surface area contributed by atoms with Crippen LogP contribution in [0.25, 0.3) is 0 Å². The molecule has 0 fully saturated rings. The third kappa shape index (κ3) is 3.83. The van der Waals surface area contributed by atoms with Gasteiger partial charge in [-0.3, -0.25) is 0 Å². The average molecular weight is 200 g/mol. The first-order valence-corrected chi connectivity index (χ1v) is 4.54. The maximum Gasteiger partial charge on any atom is 0.241 e. The normalized spacial score (nSPS) is 15.5. The second-order valence-corrected chi connectivity index (χ2v) is 3.75. The minimum atomic E-state index is -2.46. The summed E-state index contributed by atoms with van der Waals surface area (Å²) in [6, 6.07) is 9.15. The van der Waals surface area contributed by atoms with Crippen molar-refractivity contribution in [1.29, 1.82) is 0 Å². The molecule has 0 saturated heterocycles. The summed E-state index contributed by atoms with van der Waals surface area (Å²) < 4.78 is 24.1. The number of rotatable bonds is 4. The molecule has 14 heavy (non-hydrogen) atoms. The first-order chi connectivity index (χ1) is 6.49. The van der Waals surface area contributed by atoms with Crippen LogP contribution in [0.15, 0.2) is 30.3 Å². The van der Waals surface area contributed by atoms with Gasteiger partial charge in [0.2, 0.25) is 6.43 Å². The Morgan fingerprint density at radius 2 is 1.86 bits per heavy atom. The van der Waals surface area contributed by atoms with Crippen molar-refractivity contribution in [2.75, 3.05) is 0 Å². The van der Waals surface area contributed by atoms with E-state index in [0.717, 1.165) is 5.56 Å². The smallest absolute Gasteiger partial charge is 0.241 e. The topological polar surface area (TPSA) is 20.2 Å². The second-order valence-electron chi connectivity index (χ2n) is 3.75. The lowest BCUT2D eigenvalue weighted by Gasteiger charge is -2.22. The summed E-state index contributed by atoms with van der Waals surface area (Å²) in [5.41, 5.74) is -0.451. The molecule has 78 valence electrons. The van der Waals surface area contributed by atoms with Gasteiger partial charge in [0.15, 0.2) is 0 Å². The maximum atomic E-state index is 12.1. The van der Waals surface area contributed by atoms with E-state index in [-0.39, 0.29) is 6.42 Å². The van der Waals surface area contributed by atoms with Gasteiger partial charge in [0.1, 0.15) is 0 Å². The van der Waals surface area contributed by atoms with E-state index in [0.29, 0.717) is 0 Å². The van der Waals surface area contributed by atoms with Gasteiger partial charge >= 0.3 is 0 Å². The van der Waals surface area contributed by atoms with Gasteiger partial charge < -0.3 is 5.11 Å². The summed E-state index contributed by atoms with van der Waals surface area (Å²) in [6.45, 7) is 1.44. The number of benzene rings is 1. The van der Waals surface area contributed by atoms with Gasteiger partial charge in [0.25, 0.3) is 0 Å². The van der Waals surface area contributed by atoms with Crippen LogP contribution in [0.5, 0.6) is 0 Å². The molecule has 0 bridgehead atoms. The molecular formula is C11H14F2O. The van der Waals surface area contributed by atoms with Crippen LogP contribution in [0.4, 0.5) is 8.78 Å². The molecule has 1 aromatic rings. The highest BCUT2D eigenvalue weighted by Gasteiger charge is 2.25. The van der Waals surface area contributed by atoms with Crippen molar-refractivity contribution in [3.05, 3.63) is 35.9 Å². The molecule has 1 unspecified atom stereocenters. The van der Waals surface area contributed by atoms with Gasteiger partial charge in [0, 0.05) is 12.8 Å². The lowest BCUT2D eigenvalue weighted by atomic mass is 9.93. The molecule has 0 aromatic heterocycles. The molecule has 3 heteroatoms. The standard InChI is InChI=1S/C11H14F2O/c1-11(14,8-10(12)13)7-9-5-3-2-4-6-9/h2-6,10,14H,7-8H2,1H3. The Kier molecular flexibility index (Phi) is 3.58. The average Bonchev–Trinajstić information content (AvgIpc) is 2.02. The van der Waals surface area contributed by atoms with E-state index in [1.54, 1.807) is 0 Å². The zero-order chi connectivity index (χ0) is 10.6. The third-order valence-corrected chi connectivity index (χ3v) is 2.02. The van der Waals surface area contributed by atoms with Crippen molar-refractivity contribution in [3.63, 3.8) is 0 Å². The number of alkyl halides is 2. The number of halogens is 2. The first kappa shape index (κ1) is 11.1. The predicted octanol–water partition coefficient (Wildman–Crippen LogP) is 2.64. The summed E-state index contributed by atoms with van der Waals surface area (Å²) in [5.74, 6) is 0. The minimum Gasteiger partial charge on any atom is -0.390 e. The second kappa shape index (κ2) is 4.51. The fourth-order valence-corrected chi connectivity index (χ4v) is 1.44. The van der Waals surface area contributed by atoms with E-state index in [1.807, 2.05) is 30.3 Å². The summed E-state index contributed by atoms with van der Waals surface area (Å²) >= 11 is 0. The van der Waals surface area contributed by atoms with Gasteiger partial charge in [-0.2, -0.15) is 0 Å². The van der Waals surface area contributed by atoms with Gasteiger partial charge in [-0.05, 0) is 12.5 Å². The van der Waals surface area contributed by atoms with Crippen LogP contribution in [-0.2, 0) is 6.42 Å². The van der Waals surface area contributed by atoms with Crippen LogP contribution in [0.1, 0.15) is 18.9 Å². The molecule has 0 aliphatic carbocycles. The van der Waals surface area contributed by atoms with E-state index >= 15 is 0 Å². The molecule has 0 heterocycles. The molecule has 0 aliphatic heterocycles. The highest BCUT2D eigenvalue weighted by molar-refractivity contribution is 5.16. The molecule has 1 atom stereocenters. The zero-order valence-corrected chi connectivity index (χ0v) is 8.08. The van der Waals surface area contributed by atoms with Crippen LogP contribution >= 0.6 is 0 Å². The van der Waals surface area contributed by atoms with Crippen LogP contribution in [0.3, 0.4) is 0 Å². The van der Waals surface area contributed by atoms with Crippen LogP contribution in [-0.4, -0.2) is 17.1 Å². The van der Waals surface area contributed by atoms with Gasteiger partial charge in [-0.15, -0.1) is 0 Å². The van der Waals surface area contributed by atoms with E-state index in [4.69, 9.17) is 0 Å². The van der Waals surface area contributed by atoms with Crippen molar-refractivity contribution < 1.29 is 13.9 Å². The van der Waals surface area contributed by atoms with E-state index in [1.165, 1.54) is 6.92 Å². The minimum absolute atomic E-state index is 0.262. The molecule has 1 rings (SSSR count). The van der Waals surface area contributed by atoms with E-state index in [9.17, 15) is 13.9 Å². The summed E-state index contributed by atoms with van der Waals surface area (Å²) in [4.78, 5) is 0. The Morgan fingerprint density at radius 1 is 1.29 bits per heavy atom. The summed E-state index contributed by atoms with van der Waals surface area (Å²) in [5, 5.41) is 9.66.